The van der Waals surface area contributed by atoms with Crippen molar-refractivity contribution in [2.45, 2.75) is 46.1 Å². The zero-order chi connectivity index (χ0) is 21.1. The van der Waals surface area contributed by atoms with Crippen LogP contribution in [0.4, 0.5) is 0 Å². The van der Waals surface area contributed by atoms with Crippen molar-refractivity contribution in [3.05, 3.63) is 48.4 Å². The van der Waals surface area contributed by atoms with Crippen LogP contribution in [0.5, 0.6) is 5.75 Å². The minimum absolute atomic E-state index is 0.167. The maximum atomic E-state index is 12.8. The zero-order valence-corrected chi connectivity index (χ0v) is 17.9. The average Bonchev–Trinajstić information content (AvgIpc) is 3.12. The molecule has 1 aliphatic rings. The molecule has 1 unspecified atom stereocenters. The molecule has 2 aromatic heterocycles. The predicted octanol–water partition coefficient (Wildman–Crippen LogP) is 3.66. The van der Waals surface area contributed by atoms with Crippen LogP contribution in [0, 0.1) is 5.41 Å². The fraction of sp³-hybridized carbons (Fsp3) is 0.478. The minimum atomic E-state index is -0.377. The summed E-state index contributed by atoms with van der Waals surface area (Å²) in [5.41, 5.74) is 2.15. The number of amides is 1. The smallest absolute Gasteiger partial charge is 0.227 e. The summed E-state index contributed by atoms with van der Waals surface area (Å²) in [5, 5.41) is 4.87. The predicted molar refractivity (Wildman–Crippen MR) is 115 cm³/mol. The number of rotatable bonds is 5. The van der Waals surface area contributed by atoms with E-state index in [1.807, 2.05) is 60.7 Å². The van der Waals surface area contributed by atoms with Gasteiger partial charge in [0.15, 0.2) is 5.65 Å². The highest BCUT2D eigenvalue weighted by molar-refractivity contribution is 5.82. The number of carbonyl (C=O) groups is 1. The van der Waals surface area contributed by atoms with Gasteiger partial charge in [0.2, 0.25) is 5.91 Å². The van der Waals surface area contributed by atoms with E-state index in [-0.39, 0.29) is 17.2 Å². The Hall–Kier alpha value is -2.96. The number of fused-ring (bicyclic) bond motifs is 1. The first-order valence-corrected chi connectivity index (χ1v) is 10.6. The zero-order valence-electron chi connectivity index (χ0n) is 17.9. The van der Waals surface area contributed by atoms with Crippen LogP contribution in [-0.4, -0.2) is 50.3 Å². The van der Waals surface area contributed by atoms with Gasteiger partial charge in [-0.25, -0.2) is 14.6 Å². The van der Waals surface area contributed by atoms with E-state index in [0.29, 0.717) is 19.7 Å². The van der Waals surface area contributed by atoms with Crippen LogP contribution in [0.15, 0.2) is 42.7 Å². The first-order valence-electron chi connectivity index (χ1n) is 10.6. The normalized spacial score (nSPS) is 17.3. The van der Waals surface area contributed by atoms with Gasteiger partial charge in [-0.2, -0.15) is 5.10 Å². The second kappa shape index (κ2) is 8.42. The molecule has 0 aliphatic carbocycles. The molecule has 0 radical (unpaired) electrons. The number of hydrogen-bond donors (Lipinski definition) is 0. The molecule has 0 N–H and O–H groups in total. The lowest BCUT2D eigenvalue weighted by molar-refractivity contribution is -0.140. The lowest BCUT2D eigenvalue weighted by atomic mass is 9.90. The summed E-state index contributed by atoms with van der Waals surface area (Å²) in [4.78, 5) is 23.9. The summed E-state index contributed by atoms with van der Waals surface area (Å²) in [6.45, 7) is 8.49. The van der Waals surface area contributed by atoms with Crippen LogP contribution in [0.1, 0.15) is 45.2 Å². The highest BCUT2D eigenvalue weighted by atomic mass is 16.5. The van der Waals surface area contributed by atoms with Crippen LogP contribution in [-0.2, 0) is 11.3 Å². The molecule has 3 aromatic rings. The van der Waals surface area contributed by atoms with Gasteiger partial charge in [-0.1, -0.05) is 39.0 Å². The largest absolute Gasteiger partial charge is 0.492 e. The van der Waals surface area contributed by atoms with Gasteiger partial charge in [0.25, 0.3) is 0 Å². The Morgan fingerprint density at radius 3 is 2.70 bits per heavy atom. The van der Waals surface area contributed by atoms with E-state index in [4.69, 9.17) is 9.84 Å². The fourth-order valence-corrected chi connectivity index (χ4v) is 3.98. The Morgan fingerprint density at radius 1 is 1.17 bits per heavy atom. The highest BCUT2D eigenvalue weighted by Crippen LogP contribution is 2.32. The lowest BCUT2D eigenvalue weighted by Gasteiger charge is -2.36. The monoisotopic (exact) mass is 407 g/mol. The molecule has 3 heterocycles. The average molecular weight is 408 g/mol. The molecule has 1 saturated heterocycles. The minimum Gasteiger partial charge on any atom is -0.492 e. The Balaban J connectivity index is 1.53. The number of ether oxygens (including phenoxy) is 1. The van der Waals surface area contributed by atoms with E-state index in [1.54, 1.807) is 12.4 Å². The van der Waals surface area contributed by atoms with Gasteiger partial charge in [0.05, 0.1) is 12.2 Å². The van der Waals surface area contributed by atoms with Crippen molar-refractivity contribution in [1.82, 2.24) is 24.6 Å². The molecule has 0 bridgehead atoms. The van der Waals surface area contributed by atoms with Crippen LogP contribution in [0.2, 0.25) is 0 Å². The number of benzene rings is 1. The molecule has 0 spiro atoms. The van der Waals surface area contributed by atoms with Crippen molar-refractivity contribution in [3.8, 4) is 5.75 Å². The van der Waals surface area contributed by atoms with Gasteiger partial charge in [0, 0.05) is 36.8 Å². The van der Waals surface area contributed by atoms with E-state index in [1.165, 1.54) is 0 Å². The van der Waals surface area contributed by atoms with Crippen LogP contribution in [0.3, 0.4) is 0 Å². The maximum absolute atomic E-state index is 12.8. The summed E-state index contributed by atoms with van der Waals surface area (Å²) in [6.07, 6.45) is 5.37. The number of aromatic nitrogens is 4. The molecule has 1 amide bonds. The topological polar surface area (TPSA) is 73.1 Å². The van der Waals surface area contributed by atoms with E-state index in [2.05, 4.69) is 9.97 Å². The Morgan fingerprint density at radius 2 is 1.93 bits per heavy atom. The van der Waals surface area contributed by atoms with Crippen molar-refractivity contribution >= 4 is 17.1 Å². The molecule has 7 nitrogen and oxygen atoms in total. The molecule has 7 heteroatoms. The molecule has 1 aliphatic heterocycles. The first kappa shape index (κ1) is 20.3. The quantitative estimate of drug-likeness (QED) is 0.645. The first-order chi connectivity index (χ1) is 14.4. The third-order valence-corrected chi connectivity index (χ3v) is 5.45. The number of carbonyl (C=O) groups excluding carboxylic acids is 1. The lowest BCUT2D eigenvalue weighted by Crippen LogP contribution is -2.44. The van der Waals surface area contributed by atoms with Gasteiger partial charge in [0.1, 0.15) is 17.9 Å². The Bertz CT molecular complexity index is 1010. The van der Waals surface area contributed by atoms with E-state index in [0.717, 1.165) is 42.0 Å². The van der Waals surface area contributed by atoms with Gasteiger partial charge in [-0.05, 0) is 25.0 Å². The number of para-hydroxylation sites is 1. The van der Waals surface area contributed by atoms with Gasteiger partial charge < -0.3 is 9.64 Å². The van der Waals surface area contributed by atoms with Crippen LogP contribution in [0.25, 0.3) is 11.2 Å². The molecule has 1 atom stereocenters. The van der Waals surface area contributed by atoms with E-state index < -0.39 is 0 Å². The molecule has 0 saturated carbocycles. The SMILES string of the molecule is CC(C)(C)C(=O)N1CCCC(c2nn(CCOc3ccccc3)c3nccnc23)C1. The second-order valence-corrected chi connectivity index (χ2v) is 8.84. The van der Waals surface area contributed by atoms with Crippen molar-refractivity contribution in [2.24, 2.45) is 5.41 Å². The van der Waals surface area contributed by atoms with Crippen LogP contribution < -0.4 is 4.74 Å². The molecular formula is C23H29N5O2. The number of nitrogens with zero attached hydrogens (tertiary/aromatic N) is 5. The summed E-state index contributed by atoms with van der Waals surface area (Å²) >= 11 is 0. The molecule has 1 fully saturated rings. The number of hydrogen-bond acceptors (Lipinski definition) is 5. The molecule has 30 heavy (non-hydrogen) atoms. The van der Waals surface area contributed by atoms with Crippen molar-refractivity contribution in [2.75, 3.05) is 19.7 Å². The maximum Gasteiger partial charge on any atom is 0.227 e. The number of likely N-dealkylation sites (tertiary alicyclic amines) is 1. The van der Waals surface area contributed by atoms with Gasteiger partial charge in [-0.15, -0.1) is 0 Å². The molecule has 4 rings (SSSR count). The van der Waals surface area contributed by atoms with Crippen LogP contribution >= 0.6 is 0 Å². The van der Waals surface area contributed by atoms with Crippen molar-refractivity contribution < 1.29 is 9.53 Å². The second-order valence-electron chi connectivity index (χ2n) is 8.84. The number of piperidine rings is 1. The van der Waals surface area contributed by atoms with E-state index >= 15 is 0 Å². The molecular weight excluding hydrogens is 378 g/mol. The van der Waals surface area contributed by atoms with Crippen molar-refractivity contribution in [3.63, 3.8) is 0 Å². The fourth-order valence-electron chi connectivity index (χ4n) is 3.98. The Kier molecular flexibility index (Phi) is 5.70. The highest BCUT2D eigenvalue weighted by Gasteiger charge is 2.33. The summed E-state index contributed by atoms with van der Waals surface area (Å²) in [5.74, 6) is 1.20. The summed E-state index contributed by atoms with van der Waals surface area (Å²) in [6, 6.07) is 9.75. The summed E-state index contributed by atoms with van der Waals surface area (Å²) < 4.78 is 7.72. The standard InChI is InChI=1S/C23H29N5O2/c1-23(2,3)22(29)27-13-7-8-17(16-27)19-20-21(25-12-11-24-20)28(26-19)14-15-30-18-9-5-4-6-10-18/h4-6,9-12,17H,7-8,13-16H2,1-3H3. The molecule has 1 aromatic carbocycles. The third kappa shape index (κ3) is 4.30. The molecule has 158 valence electrons. The van der Waals surface area contributed by atoms with Gasteiger partial charge >= 0.3 is 0 Å². The van der Waals surface area contributed by atoms with Crippen molar-refractivity contribution in [1.29, 1.82) is 0 Å². The van der Waals surface area contributed by atoms with Gasteiger partial charge in [-0.3, -0.25) is 4.79 Å². The third-order valence-electron chi connectivity index (χ3n) is 5.45. The summed E-state index contributed by atoms with van der Waals surface area (Å²) in [7, 11) is 0. The Labute approximate surface area is 177 Å². The van der Waals surface area contributed by atoms with E-state index in [9.17, 15) is 4.79 Å².